The number of amides is 1. The van der Waals surface area contributed by atoms with Crippen molar-refractivity contribution in [3.63, 3.8) is 0 Å². The molecular formula is C12H19BrN2OS. The maximum atomic E-state index is 11.7. The van der Waals surface area contributed by atoms with Crippen LogP contribution in [0, 0.1) is 5.41 Å². The molecule has 5 heteroatoms. The van der Waals surface area contributed by atoms with Crippen LogP contribution in [0.1, 0.15) is 32.1 Å². The zero-order chi connectivity index (χ0) is 13.1. The van der Waals surface area contributed by atoms with E-state index in [0.717, 1.165) is 9.35 Å². The molecule has 17 heavy (non-hydrogen) atoms. The molecule has 1 atom stereocenters. The lowest BCUT2D eigenvalue weighted by atomic mass is 9.85. The molecule has 1 aromatic heterocycles. The van der Waals surface area contributed by atoms with Crippen LogP contribution >= 0.6 is 27.3 Å². The van der Waals surface area contributed by atoms with Gasteiger partial charge in [0.05, 0.1) is 6.54 Å². The van der Waals surface area contributed by atoms with Crippen molar-refractivity contribution in [1.29, 1.82) is 0 Å². The Balaban J connectivity index is 2.39. The molecule has 0 saturated carbocycles. The summed E-state index contributed by atoms with van der Waals surface area (Å²) in [5.41, 5.74) is 5.92. The summed E-state index contributed by atoms with van der Waals surface area (Å²) in [6.07, 6.45) is 0.368. The highest BCUT2D eigenvalue weighted by Gasteiger charge is 2.23. The zero-order valence-corrected chi connectivity index (χ0v) is 12.8. The van der Waals surface area contributed by atoms with E-state index in [2.05, 4.69) is 21.2 Å². The maximum Gasteiger partial charge on any atom is 0.221 e. The van der Waals surface area contributed by atoms with E-state index in [-0.39, 0.29) is 17.4 Å². The smallest absolute Gasteiger partial charge is 0.221 e. The lowest BCUT2D eigenvalue weighted by Crippen LogP contribution is -2.39. The van der Waals surface area contributed by atoms with Crippen LogP contribution in [0.4, 0.5) is 0 Å². The molecule has 0 aliphatic rings. The second kappa shape index (κ2) is 5.98. The van der Waals surface area contributed by atoms with Gasteiger partial charge in [0.2, 0.25) is 5.91 Å². The van der Waals surface area contributed by atoms with Gasteiger partial charge in [0.15, 0.2) is 0 Å². The summed E-state index contributed by atoms with van der Waals surface area (Å²) < 4.78 is 1.04. The first-order valence-electron chi connectivity index (χ1n) is 5.55. The Hall–Kier alpha value is -0.390. The number of thiophene rings is 1. The molecule has 0 fully saturated rings. The normalized spacial score (nSPS) is 13.5. The lowest BCUT2D eigenvalue weighted by molar-refractivity contribution is -0.122. The molecule has 3 nitrogen and oxygen atoms in total. The highest BCUT2D eigenvalue weighted by Crippen LogP contribution is 2.22. The predicted molar refractivity (Wildman–Crippen MR) is 75.9 cm³/mol. The lowest BCUT2D eigenvalue weighted by Gasteiger charge is -2.26. The number of carbonyl (C=O) groups is 1. The zero-order valence-electron chi connectivity index (χ0n) is 10.4. The summed E-state index contributed by atoms with van der Waals surface area (Å²) in [4.78, 5) is 12.8. The van der Waals surface area contributed by atoms with Crippen molar-refractivity contribution >= 4 is 33.2 Å². The number of hydrogen-bond acceptors (Lipinski definition) is 3. The van der Waals surface area contributed by atoms with Gasteiger partial charge in [-0.15, -0.1) is 11.3 Å². The first kappa shape index (κ1) is 14.7. The molecular weight excluding hydrogens is 300 g/mol. The number of halogens is 1. The average molecular weight is 319 g/mol. The third-order valence-electron chi connectivity index (χ3n) is 2.65. The van der Waals surface area contributed by atoms with Crippen LogP contribution in [0.3, 0.4) is 0 Å². The van der Waals surface area contributed by atoms with Gasteiger partial charge in [0, 0.05) is 21.8 Å². The van der Waals surface area contributed by atoms with Crippen molar-refractivity contribution in [3.8, 4) is 0 Å². The highest BCUT2D eigenvalue weighted by atomic mass is 79.9. The Morgan fingerprint density at radius 2 is 2.24 bits per heavy atom. The Morgan fingerprint density at radius 3 is 2.71 bits per heavy atom. The molecule has 96 valence electrons. The van der Waals surface area contributed by atoms with E-state index in [1.807, 2.05) is 32.2 Å². The van der Waals surface area contributed by atoms with Crippen molar-refractivity contribution < 1.29 is 4.79 Å². The monoisotopic (exact) mass is 318 g/mol. The van der Waals surface area contributed by atoms with E-state index in [1.54, 1.807) is 11.3 Å². The van der Waals surface area contributed by atoms with Crippen LogP contribution in [0.15, 0.2) is 15.9 Å². The van der Waals surface area contributed by atoms with E-state index < -0.39 is 0 Å². The van der Waals surface area contributed by atoms with Gasteiger partial charge in [0.25, 0.3) is 0 Å². The molecule has 1 rings (SSSR count). The van der Waals surface area contributed by atoms with Crippen molar-refractivity contribution in [2.24, 2.45) is 11.1 Å². The van der Waals surface area contributed by atoms with E-state index in [9.17, 15) is 4.79 Å². The van der Waals surface area contributed by atoms with Gasteiger partial charge in [-0.1, -0.05) is 20.8 Å². The second-order valence-electron chi connectivity index (χ2n) is 5.15. The topological polar surface area (TPSA) is 55.1 Å². The summed E-state index contributed by atoms with van der Waals surface area (Å²) in [5.74, 6) is 0.00715. The van der Waals surface area contributed by atoms with E-state index in [0.29, 0.717) is 13.0 Å². The molecule has 0 bridgehead atoms. The molecule has 0 saturated heterocycles. The minimum absolute atomic E-state index is 0.00715. The molecule has 1 heterocycles. The van der Waals surface area contributed by atoms with E-state index in [4.69, 9.17) is 5.73 Å². The number of carbonyl (C=O) groups excluding carboxylic acids is 1. The fourth-order valence-electron chi connectivity index (χ4n) is 1.21. The minimum Gasteiger partial charge on any atom is -0.351 e. The predicted octanol–water partition coefficient (Wildman–Crippen LogP) is 2.89. The summed E-state index contributed by atoms with van der Waals surface area (Å²) in [7, 11) is 0. The molecule has 1 amide bonds. The minimum atomic E-state index is -0.116. The standard InChI is InChI=1S/C12H19BrN2OS/c1-12(2,3)10(14)6-11(16)15-7-9-8(13)4-5-17-9/h4-5,10H,6-7,14H2,1-3H3,(H,15,16). The number of rotatable bonds is 4. The van der Waals surface area contributed by atoms with Gasteiger partial charge < -0.3 is 11.1 Å². The maximum absolute atomic E-state index is 11.7. The van der Waals surface area contributed by atoms with Crippen LogP contribution in [0.25, 0.3) is 0 Å². The van der Waals surface area contributed by atoms with Crippen molar-refractivity contribution in [2.45, 2.75) is 39.8 Å². The van der Waals surface area contributed by atoms with Gasteiger partial charge in [-0.05, 0) is 32.8 Å². The number of nitrogens with two attached hydrogens (primary N) is 1. The third kappa shape index (κ3) is 4.77. The summed E-state index contributed by atoms with van der Waals surface area (Å²) in [6, 6.07) is 1.86. The van der Waals surface area contributed by atoms with Crippen LogP contribution in [0.5, 0.6) is 0 Å². The highest BCUT2D eigenvalue weighted by molar-refractivity contribution is 9.10. The summed E-state index contributed by atoms with van der Waals surface area (Å²) >= 11 is 5.06. The fourth-order valence-corrected chi connectivity index (χ4v) is 2.64. The van der Waals surface area contributed by atoms with Gasteiger partial charge in [-0.25, -0.2) is 0 Å². The molecule has 0 radical (unpaired) electrons. The van der Waals surface area contributed by atoms with Crippen LogP contribution < -0.4 is 11.1 Å². The molecule has 0 aromatic carbocycles. The molecule has 0 aliphatic carbocycles. The quantitative estimate of drug-likeness (QED) is 0.896. The van der Waals surface area contributed by atoms with E-state index in [1.165, 1.54) is 0 Å². The Kier molecular flexibility index (Phi) is 5.16. The van der Waals surface area contributed by atoms with E-state index >= 15 is 0 Å². The number of nitrogens with one attached hydrogen (secondary N) is 1. The summed E-state index contributed by atoms with van der Waals surface area (Å²) in [5, 5.41) is 4.88. The van der Waals surface area contributed by atoms with Crippen LogP contribution in [0.2, 0.25) is 0 Å². The van der Waals surface area contributed by atoms with Gasteiger partial charge in [-0.3, -0.25) is 4.79 Å². The van der Waals surface area contributed by atoms with Gasteiger partial charge in [0.1, 0.15) is 0 Å². The Morgan fingerprint density at radius 1 is 1.59 bits per heavy atom. The molecule has 0 spiro atoms. The molecule has 0 aliphatic heterocycles. The van der Waals surface area contributed by atoms with Crippen LogP contribution in [-0.4, -0.2) is 11.9 Å². The largest absolute Gasteiger partial charge is 0.351 e. The Bertz CT molecular complexity index is 384. The third-order valence-corrected chi connectivity index (χ3v) is 4.58. The van der Waals surface area contributed by atoms with Crippen molar-refractivity contribution in [1.82, 2.24) is 5.32 Å². The summed E-state index contributed by atoms with van der Waals surface area (Å²) in [6.45, 7) is 6.69. The molecule has 1 aromatic rings. The van der Waals surface area contributed by atoms with Crippen molar-refractivity contribution in [2.75, 3.05) is 0 Å². The first-order chi connectivity index (χ1) is 7.80. The second-order valence-corrected chi connectivity index (χ2v) is 7.00. The van der Waals surface area contributed by atoms with Crippen molar-refractivity contribution in [3.05, 3.63) is 20.8 Å². The Labute approximate surface area is 115 Å². The van der Waals surface area contributed by atoms with Crippen LogP contribution in [-0.2, 0) is 11.3 Å². The number of hydrogen-bond donors (Lipinski definition) is 2. The van der Waals surface area contributed by atoms with Gasteiger partial charge >= 0.3 is 0 Å². The van der Waals surface area contributed by atoms with Gasteiger partial charge in [-0.2, -0.15) is 0 Å². The SMILES string of the molecule is CC(C)(C)C(N)CC(=O)NCc1sccc1Br. The fraction of sp³-hybridized carbons (Fsp3) is 0.583. The first-order valence-corrected chi connectivity index (χ1v) is 7.22. The molecule has 1 unspecified atom stereocenters. The average Bonchev–Trinajstić information content (AvgIpc) is 2.59. The molecule has 3 N–H and O–H groups in total.